The summed E-state index contributed by atoms with van der Waals surface area (Å²) in [5.74, 6) is 0.548. The van der Waals surface area contributed by atoms with Gasteiger partial charge in [-0.3, -0.25) is 0 Å². The summed E-state index contributed by atoms with van der Waals surface area (Å²) in [4.78, 5) is 2.02. The molecule has 0 atom stereocenters. The fourth-order valence-corrected chi connectivity index (χ4v) is 3.24. The molecule has 1 aromatic heterocycles. The summed E-state index contributed by atoms with van der Waals surface area (Å²) >= 11 is 11.7. The van der Waals surface area contributed by atoms with Gasteiger partial charge in [-0.05, 0) is 61.5 Å². The lowest BCUT2D eigenvalue weighted by atomic mass is 10.2. The van der Waals surface area contributed by atoms with Gasteiger partial charge in [0.2, 0.25) is 11.8 Å². The molecule has 1 aliphatic rings. The highest BCUT2D eigenvalue weighted by Crippen LogP contribution is 2.30. The molecule has 0 saturated heterocycles. The maximum Gasteiger partial charge on any atom is 0.249 e. The van der Waals surface area contributed by atoms with Gasteiger partial charge in [-0.15, -0.1) is 10.2 Å². The van der Waals surface area contributed by atoms with Gasteiger partial charge in [0.25, 0.3) is 0 Å². The van der Waals surface area contributed by atoms with E-state index in [9.17, 15) is 4.39 Å². The third-order valence-corrected chi connectivity index (χ3v) is 4.89. The largest absolute Gasteiger partial charge is 0.419 e. The number of hydrogen-bond acceptors (Lipinski definition) is 4. The lowest BCUT2D eigenvalue weighted by Gasteiger charge is -2.24. The van der Waals surface area contributed by atoms with Crippen molar-refractivity contribution in [2.75, 3.05) is 5.32 Å². The Labute approximate surface area is 166 Å². The number of benzene rings is 2. The van der Waals surface area contributed by atoms with Gasteiger partial charge < -0.3 is 14.6 Å². The van der Waals surface area contributed by atoms with Crippen molar-refractivity contribution in [2.45, 2.75) is 25.4 Å². The summed E-state index contributed by atoms with van der Waals surface area (Å²) in [5.41, 5.74) is 1.43. The van der Waals surface area contributed by atoms with Gasteiger partial charge in [-0.2, -0.15) is 0 Å². The summed E-state index contributed by atoms with van der Waals surface area (Å²) in [6, 6.07) is 13.7. The molecule has 138 valence electrons. The Bertz CT molecular complexity index is 958. The molecule has 1 aliphatic carbocycles. The molecule has 3 aromatic rings. The minimum Gasteiger partial charge on any atom is -0.419 e. The Morgan fingerprint density at radius 3 is 2.63 bits per heavy atom. The van der Waals surface area contributed by atoms with Crippen LogP contribution < -0.4 is 5.32 Å². The van der Waals surface area contributed by atoms with Crippen LogP contribution in [0.1, 0.15) is 18.7 Å². The van der Waals surface area contributed by atoms with Gasteiger partial charge in [-0.1, -0.05) is 23.7 Å². The molecular weight excluding hydrogens is 387 g/mol. The lowest BCUT2D eigenvalue weighted by Crippen LogP contribution is -2.36. The van der Waals surface area contributed by atoms with E-state index in [0.29, 0.717) is 40.1 Å². The highest BCUT2D eigenvalue weighted by molar-refractivity contribution is 7.80. The molecule has 0 bridgehead atoms. The predicted molar refractivity (Wildman–Crippen MR) is 106 cm³/mol. The van der Waals surface area contributed by atoms with Crippen molar-refractivity contribution in [3.8, 4) is 11.5 Å². The van der Waals surface area contributed by atoms with Crippen LogP contribution >= 0.6 is 23.8 Å². The van der Waals surface area contributed by atoms with Crippen molar-refractivity contribution in [2.24, 2.45) is 0 Å². The number of nitrogens with one attached hydrogen (secondary N) is 1. The van der Waals surface area contributed by atoms with Gasteiger partial charge in [0.15, 0.2) is 5.11 Å². The Balaban J connectivity index is 1.48. The van der Waals surface area contributed by atoms with Crippen LogP contribution in [0.5, 0.6) is 0 Å². The molecule has 4 rings (SSSR count). The highest BCUT2D eigenvalue weighted by atomic mass is 35.5. The van der Waals surface area contributed by atoms with E-state index in [1.165, 1.54) is 12.1 Å². The van der Waals surface area contributed by atoms with Crippen molar-refractivity contribution >= 4 is 34.6 Å². The molecule has 0 aliphatic heterocycles. The number of nitrogens with zero attached hydrogens (tertiary/aromatic N) is 3. The zero-order valence-corrected chi connectivity index (χ0v) is 15.8. The van der Waals surface area contributed by atoms with Crippen LogP contribution in [0.25, 0.3) is 11.5 Å². The first-order chi connectivity index (χ1) is 13.1. The van der Waals surface area contributed by atoms with E-state index in [1.54, 1.807) is 18.2 Å². The number of aromatic nitrogens is 2. The molecule has 0 amide bonds. The normalized spacial score (nSPS) is 13.4. The second-order valence-corrected chi connectivity index (χ2v) is 7.07. The molecule has 2 aromatic carbocycles. The van der Waals surface area contributed by atoms with Gasteiger partial charge in [0.05, 0.1) is 17.1 Å². The van der Waals surface area contributed by atoms with Gasteiger partial charge in [0.1, 0.15) is 5.82 Å². The molecular formula is C19H16ClFN4OS. The molecule has 1 N–H and O–H groups in total. The zero-order valence-electron chi connectivity index (χ0n) is 14.2. The molecule has 0 unspecified atom stereocenters. The van der Waals surface area contributed by atoms with Crippen LogP contribution in [0.4, 0.5) is 10.1 Å². The lowest BCUT2D eigenvalue weighted by molar-refractivity contribution is 0.351. The van der Waals surface area contributed by atoms with E-state index in [-0.39, 0.29) is 5.82 Å². The number of rotatable bonds is 5. The Kier molecular flexibility index (Phi) is 5.05. The zero-order chi connectivity index (χ0) is 18.8. The fraction of sp³-hybridized carbons (Fsp3) is 0.211. The first kappa shape index (κ1) is 17.9. The molecule has 0 spiro atoms. The predicted octanol–water partition coefficient (Wildman–Crippen LogP) is 4.89. The third kappa shape index (κ3) is 4.26. The minimum absolute atomic E-state index is 0.288. The average Bonchev–Trinajstić information content (AvgIpc) is 3.40. The van der Waals surface area contributed by atoms with E-state index in [0.717, 1.165) is 18.5 Å². The van der Waals surface area contributed by atoms with Crippen molar-refractivity contribution in [3.05, 3.63) is 65.3 Å². The maximum atomic E-state index is 13.1. The number of halogens is 2. The van der Waals surface area contributed by atoms with E-state index in [2.05, 4.69) is 15.5 Å². The highest BCUT2D eigenvalue weighted by Gasteiger charge is 2.32. The minimum atomic E-state index is -0.288. The summed E-state index contributed by atoms with van der Waals surface area (Å²) in [7, 11) is 0. The molecule has 0 radical (unpaired) electrons. The van der Waals surface area contributed by atoms with Crippen LogP contribution in [0.15, 0.2) is 52.9 Å². The van der Waals surface area contributed by atoms with Crippen LogP contribution in [0, 0.1) is 5.82 Å². The van der Waals surface area contributed by atoms with Gasteiger partial charge in [-0.25, -0.2) is 4.39 Å². The number of anilines is 1. The monoisotopic (exact) mass is 402 g/mol. The summed E-state index contributed by atoms with van der Waals surface area (Å²) in [6.07, 6.45) is 2.10. The average molecular weight is 403 g/mol. The Hall–Kier alpha value is -2.51. The Morgan fingerprint density at radius 1 is 1.19 bits per heavy atom. The summed E-state index contributed by atoms with van der Waals surface area (Å²) in [6.45, 7) is 0.398. The molecule has 5 nitrogen and oxygen atoms in total. The topological polar surface area (TPSA) is 54.2 Å². The van der Waals surface area contributed by atoms with Crippen LogP contribution in [-0.4, -0.2) is 26.3 Å². The van der Waals surface area contributed by atoms with E-state index >= 15 is 0 Å². The maximum absolute atomic E-state index is 13.1. The van der Waals surface area contributed by atoms with Crippen molar-refractivity contribution in [1.29, 1.82) is 0 Å². The summed E-state index contributed by atoms with van der Waals surface area (Å²) in [5, 5.41) is 12.5. The second-order valence-electron chi connectivity index (χ2n) is 6.28. The third-order valence-electron chi connectivity index (χ3n) is 4.22. The second kappa shape index (κ2) is 7.62. The smallest absolute Gasteiger partial charge is 0.249 e. The van der Waals surface area contributed by atoms with Crippen LogP contribution in [-0.2, 0) is 6.54 Å². The van der Waals surface area contributed by atoms with Crippen molar-refractivity contribution in [3.63, 3.8) is 0 Å². The molecule has 1 fully saturated rings. The fourth-order valence-electron chi connectivity index (χ4n) is 2.69. The SMILES string of the molecule is Fc1ccc(NC(=S)N(Cc2nnc(-c3ccccc3Cl)o2)C2CC2)cc1. The van der Waals surface area contributed by atoms with E-state index in [1.807, 2.05) is 23.1 Å². The molecule has 8 heteroatoms. The number of hydrogen-bond donors (Lipinski definition) is 1. The first-order valence-corrected chi connectivity index (χ1v) is 9.29. The van der Waals surface area contributed by atoms with Gasteiger partial charge in [0, 0.05) is 11.7 Å². The van der Waals surface area contributed by atoms with Crippen LogP contribution in [0.3, 0.4) is 0 Å². The van der Waals surface area contributed by atoms with Crippen molar-refractivity contribution < 1.29 is 8.81 Å². The van der Waals surface area contributed by atoms with E-state index < -0.39 is 0 Å². The van der Waals surface area contributed by atoms with Gasteiger partial charge >= 0.3 is 0 Å². The Morgan fingerprint density at radius 2 is 1.93 bits per heavy atom. The molecule has 1 heterocycles. The molecule has 1 saturated carbocycles. The number of thiocarbonyl (C=S) groups is 1. The quantitative estimate of drug-likeness (QED) is 0.613. The van der Waals surface area contributed by atoms with Crippen molar-refractivity contribution in [1.82, 2.24) is 15.1 Å². The molecule has 27 heavy (non-hydrogen) atoms. The van der Waals surface area contributed by atoms with E-state index in [4.69, 9.17) is 28.2 Å². The van der Waals surface area contributed by atoms with Crippen LogP contribution in [0.2, 0.25) is 5.02 Å². The summed E-state index contributed by atoms with van der Waals surface area (Å²) < 4.78 is 18.9. The standard InChI is InChI=1S/C19H16ClFN4OS/c20-16-4-2-1-3-15(16)18-24-23-17(26-18)11-25(14-9-10-14)19(27)22-13-7-5-12(21)6-8-13/h1-8,14H,9-11H2,(H,22,27). The first-order valence-electron chi connectivity index (χ1n) is 8.50.